The van der Waals surface area contributed by atoms with E-state index >= 15 is 0 Å². The molecule has 0 saturated heterocycles. The highest BCUT2D eigenvalue weighted by Crippen LogP contribution is 2.14. The number of unbranched alkanes of at least 4 members (excludes halogenated alkanes) is 1. The molecule has 0 rings (SSSR count). The number of allylic oxidation sites excluding steroid dienone is 2. The molecule has 0 atom stereocenters. The molecule has 0 saturated carbocycles. The van der Waals surface area contributed by atoms with Gasteiger partial charge < -0.3 is 4.79 Å². The molecular formula is C12H22O. The van der Waals surface area contributed by atoms with Gasteiger partial charge in [0.1, 0.15) is 5.78 Å². The highest BCUT2D eigenvalue weighted by atomic mass is 16.1. The van der Waals surface area contributed by atoms with Gasteiger partial charge in [0.15, 0.2) is 0 Å². The Hall–Kier alpha value is -0.590. The van der Waals surface area contributed by atoms with E-state index in [1.807, 2.05) is 0 Å². The van der Waals surface area contributed by atoms with Gasteiger partial charge in [-0.2, -0.15) is 0 Å². The van der Waals surface area contributed by atoms with Gasteiger partial charge in [-0.25, -0.2) is 0 Å². The van der Waals surface area contributed by atoms with Crippen molar-refractivity contribution < 1.29 is 4.79 Å². The van der Waals surface area contributed by atoms with E-state index in [9.17, 15) is 4.79 Å². The van der Waals surface area contributed by atoms with Crippen LogP contribution in [-0.4, -0.2) is 5.78 Å². The first-order chi connectivity index (χ1) is 6.20. The molecule has 0 bridgehead atoms. The first-order valence-corrected chi connectivity index (χ1v) is 5.38. The molecule has 0 unspecified atom stereocenters. The molecule has 0 aromatic carbocycles. The molecule has 1 heteroatoms. The Kier molecular flexibility index (Phi) is 7.66. The maximum Gasteiger partial charge on any atom is 0.130 e. The zero-order valence-electron chi connectivity index (χ0n) is 9.23. The minimum atomic E-state index is 0.304. The van der Waals surface area contributed by atoms with E-state index in [1.165, 1.54) is 24.8 Å². The highest BCUT2D eigenvalue weighted by Gasteiger charge is 1.99. The van der Waals surface area contributed by atoms with Crippen LogP contribution >= 0.6 is 0 Å². The SMILES string of the molecule is CC/C=C(\CCCC)CCC(C)=O. The molecule has 0 aromatic rings. The second kappa shape index (κ2) is 8.03. The first kappa shape index (κ1) is 12.4. The number of hydrogen-bond donors (Lipinski definition) is 0. The summed E-state index contributed by atoms with van der Waals surface area (Å²) in [6.07, 6.45) is 8.73. The van der Waals surface area contributed by atoms with Gasteiger partial charge in [-0.3, -0.25) is 0 Å². The summed E-state index contributed by atoms with van der Waals surface area (Å²) < 4.78 is 0. The highest BCUT2D eigenvalue weighted by molar-refractivity contribution is 5.75. The fourth-order valence-electron chi connectivity index (χ4n) is 1.36. The summed E-state index contributed by atoms with van der Waals surface area (Å²) in [7, 11) is 0. The summed E-state index contributed by atoms with van der Waals surface area (Å²) in [6.45, 7) is 6.03. The number of carbonyl (C=O) groups excluding carboxylic acids is 1. The summed E-state index contributed by atoms with van der Waals surface area (Å²) in [4.78, 5) is 10.8. The van der Waals surface area contributed by atoms with Crippen LogP contribution in [0.2, 0.25) is 0 Å². The average Bonchev–Trinajstić information content (AvgIpc) is 2.09. The third-order valence-electron chi connectivity index (χ3n) is 2.14. The first-order valence-electron chi connectivity index (χ1n) is 5.38. The lowest BCUT2D eigenvalue weighted by Crippen LogP contribution is -1.92. The molecule has 0 heterocycles. The standard InChI is InChI=1S/C12H22O/c1-4-6-8-12(7-5-2)10-9-11(3)13/h7H,4-6,8-10H2,1-3H3/b12-7+. The Morgan fingerprint density at radius 1 is 1.15 bits per heavy atom. The van der Waals surface area contributed by atoms with E-state index in [0.29, 0.717) is 5.78 Å². The van der Waals surface area contributed by atoms with Crippen molar-refractivity contribution in [3.63, 3.8) is 0 Å². The van der Waals surface area contributed by atoms with Gasteiger partial charge in [0.05, 0.1) is 0 Å². The van der Waals surface area contributed by atoms with Crippen molar-refractivity contribution in [2.75, 3.05) is 0 Å². The van der Waals surface area contributed by atoms with Crippen LogP contribution < -0.4 is 0 Å². The molecular weight excluding hydrogens is 160 g/mol. The van der Waals surface area contributed by atoms with E-state index in [4.69, 9.17) is 0 Å². The maximum absolute atomic E-state index is 10.8. The second-order valence-corrected chi connectivity index (χ2v) is 3.58. The molecule has 0 radical (unpaired) electrons. The Labute approximate surface area is 82.2 Å². The van der Waals surface area contributed by atoms with Crippen LogP contribution in [0.15, 0.2) is 11.6 Å². The summed E-state index contributed by atoms with van der Waals surface area (Å²) >= 11 is 0. The number of Topliss-reactive ketones (excluding diaryl/α,β-unsaturated/α-hetero) is 1. The van der Waals surface area contributed by atoms with Crippen LogP contribution in [0.5, 0.6) is 0 Å². The zero-order valence-corrected chi connectivity index (χ0v) is 9.23. The molecule has 0 aliphatic carbocycles. The summed E-state index contributed by atoms with van der Waals surface area (Å²) in [5.74, 6) is 0.304. The summed E-state index contributed by atoms with van der Waals surface area (Å²) in [6, 6.07) is 0. The smallest absolute Gasteiger partial charge is 0.130 e. The molecule has 0 fully saturated rings. The van der Waals surface area contributed by atoms with Gasteiger partial charge in [0.25, 0.3) is 0 Å². The third kappa shape index (κ3) is 7.76. The molecule has 0 amide bonds. The Morgan fingerprint density at radius 2 is 1.85 bits per heavy atom. The molecule has 0 aliphatic rings. The monoisotopic (exact) mass is 182 g/mol. The Morgan fingerprint density at radius 3 is 2.31 bits per heavy atom. The predicted molar refractivity (Wildman–Crippen MR) is 57.8 cm³/mol. The number of rotatable bonds is 7. The Balaban J connectivity index is 3.80. The molecule has 76 valence electrons. The van der Waals surface area contributed by atoms with Crippen molar-refractivity contribution in [3.8, 4) is 0 Å². The second-order valence-electron chi connectivity index (χ2n) is 3.58. The Bertz CT molecular complexity index is 168. The normalized spacial score (nSPS) is 11.8. The van der Waals surface area contributed by atoms with Gasteiger partial charge >= 0.3 is 0 Å². The quantitative estimate of drug-likeness (QED) is 0.546. The van der Waals surface area contributed by atoms with Crippen molar-refractivity contribution in [3.05, 3.63) is 11.6 Å². The predicted octanol–water partition coefficient (Wildman–Crippen LogP) is 3.88. The van der Waals surface area contributed by atoms with Gasteiger partial charge in [-0.05, 0) is 32.6 Å². The summed E-state index contributed by atoms with van der Waals surface area (Å²) in [5, 5.41) is 0. The minimum absolute atomic E-state index is 0.304. The van der Waals surface area contributed by atoms with E-state index in [-0.39, 0.29) is 0 Å². The van der Waals surface area contributed by atoms with Crippen molar-refractivity contribution in [1.82, 2.24) is 0 Å². The zero-order chi connectivity index (χ0) is 10.1. The van der Waals surface area contributed by atoms with Crippen LogP contribution in [0.25, 0.3) is 0 Å². The van der Waals surface area contributed by atoms with Gasteiger partial charge in [-0.1, -0.05) is 31.9 Å². The van der Waals surface area contributed by atoms with E-state index in [2.05, 4.69) is 19.9 Å². The van der Waals surface area contributed by atoms with Crippen LogP contribution in [0, 0.1) is 0 Å². The number of carbonyl (C=O) groups is 1. The van der Waals surface area contributed by atoms with Gasteiger partial charge in [0.2, 0.25) is 0 Å². The van der Waals surface area contributed by atoms with Gasteiger partial charge in [0, 0.05) is 6.42 Å². The number of ketones is 1. The van der Waals surface area contributed by atoms with Crippen LogP contribution in [0.4, 0.5) is 0 Å². The van der Waals surface area contributed by atoms with Crippen LogP contribution in [0.3, 0.4) is 0 Å². The van der Waals surface area contributed by atoms with Gasteiger partial charge in [-0.15, -0.1) is 0 Å². The lowest BCUT2D eigenvalue weighted by Gasteiger charge is -2.04. The molecule has 0 spiro atoms. The topological polar surface area (TPSA) is 17.1 Å². The van der Waals surface area contributed by atoms with Crippen molar-refractivity contribution >= 4 is 5.78 Å². The van der Waals surface area contributed by atoms with Crippen LogP contribution in [0.1, 0.15) is 59.3 Å². The van der Waals surface area contributed by atoms with Crippen molar-refractivity contribution in [2.24, 2.45) is 0 Å². The average molecular weight is 182 g/mol. The molecule has 1 nitrogen and oxygen atoms in total. The van der Waals surface area contributed by atoms with Crippen molar-refractivity contribution in [1.29, 1.82) is 0 Å². The fraction of sp³-hybridized carbons (Fsp3) is 0.750. The van der Waals surface area contributed by atoms with Crippen LogP contribution in [-0.2, 0) is 4.79 Å². The minimum Gasteiger partial charge on any atom is -0.300 e. The van der Waals surface area contributed by atoms with E-state index < -0.39 is 0 Å². The fourth-order valence-corrected chi connectivity index (χ4v) is 1.36. The lowest BCUT2D eigenvalue weighted by atomic mass is 10.0. The lowest BCUT2D eigenvalue weighted by molar-refractivity contribution is -0.116. The summed E-state index contributed by atoms with van der Waals surface area (Å²) in [5.41, 5.74) is 1.47. The largest absolute Gasteiger partial charge is 0.300 e. The molecule has 13 heavy (non-hydrogen) atoms. The van der Waals surface area contributed by atoms with E-state index in [1.54, 1.807) is 6.92 Å². The molecule has 0 aliphatic heterocycles. The maximum atomic E-state index is 10.8. The molecule has 0 N–H and O–H groups in total. The third-order valence-corrected chi connectivity index (χ3v) is 2.14. The van der Waals surface area contributed by atoms with Crippen molar-refractivity contribution in [2.45, 2.75) is 59.3 Å². The van der Waals surface area contributed by atoms with E-state index in [0.717, 1.165) is 19.3 Å². The molecule has 0 aromatic heterocycles. The number of hydrogen-bond acceptors (Lipinski definition) is 1.